The third-order valence-corrected chi connectivity index (χ3v) is 5.85. The molecule has 0 saturated carbocycles. The molecule has 0 unspecified atom stereocenters. The van der Waals surface area contributed by atoms with Gasteiger partial charge in [0, 0.05) is 22.3 Å². The van der Waals surface area contributed by atoms with Crippen molar-refractivity contribution in [1.29, 1.82) is 0 Å². The molecule has 4 rings (SSSR count). The van der Waals surface area contributed by atoms with Gasteiger partial charge in [-0.15, -0.1) is 0 Å². The van der Waals surface area contributed by atoms with Crippen LogP contribution >= 0.6 is 27.5 Å². The maximum atomic E-state index is 12.2. The number of benzene rings is 3. The molecule has 0 aromatic heterocycles. The Labute approximate surface area is 216 Å². The molecule has 3 aromatic rings. The van der Waals surface area contributed by atoms with Crippen molar-refractivity contribution in [2.75, 3.05) is 25.3 Å². The first-order valence-corrected chi connectivity index (χ1v) is 12.0. The summed E-state index contributed by atoms with van der Waals surface area (Å²) in [5, 5.41) is 7.70. The van der Waals surface area contributed by atoms with Crippen molar-refractivity contribution in [2.24, 2.45) is 5.10 Å². The molecule has 1 amide bonds. The van der Waals surface area contributed by atoms with Crippen molar-refractivity contribution >= 4 is 45.3 Å². The molecule has 0 radical (unpaired) electrons. The van der Waals surface area contributed by atoms with Crippen molar-refractivity contribution in [3.05, 3.63) is 75.2 Å². The van der Waals surface area contributed by atoms with Crippen LogP contribution in [-0.2, 0) is 11.4 Å². The van der Waals surface area contributed by atoms with Crippen molar-refractivity contribution in [3.8, 4) is 23.0 Å². The van der Waals surface area contributed by atoms with Crippen LogP contribution in [-0.4, -0.2) is 32.1 Å². The minimum absolute atomic E-state index is 0.0414. The summed E-state index contributed by atoms with van der Waals surface area (Å²) in [5.41, 5.74) is 4.83. The number of hydrogen-bond acceptors (Lipinski definition) is 7. The number of amides is 1. The van der Waals surface area contributed by atoms with Crippen LogP contribution in [0.5, 0.6) is 23.0 Å². The minimum atomic E-state index is -0.303. The third-order valence-electron chi connectivity index (χ3n) is 4.89. The van der Waals surface area contributed by atoms with Crippen molar-refractivity contribution < 1.29 is 23.7 Å². The second-order valence-electron chi connectivity index (χ2n) is 7.36. The van der Waals surface area contributed by atoms with E-state index < -0.39 is 0 Å². The van der Waals surface area contributed by atoms with Crippen molar-refractivity contribution in [3.63, 3.8) is 0 Å². The van der Waals surface area contributed by atoms with E-state index in [4.69, 9.17) is 30.5 Å². The first kappa shape index (κ1) is 24.7. The molecule has 0 spiro atoms. The molecule has 1 heterocycles. The molecule has 182 valence electrons. The number of nitrogens with zero attached hydrogens (tertiary/aromatic N) is 1. The number of hydrogen-bond donors (Lipinski definition) is 2. The number of halogens is 2. The largest absolute Gasteiger partial charge is 0.490 e. The topological polar surface area (TPSA) is 90.4 Å². The number of ether oxygens (including phenoxy) is 4. The standard InChI is InChI=1S/C25H23BrClN3O5/c1-2-32-23-10-16(9-19(26)25(23)33-14-17-5-3-4-6-20(17)27)12-29-30-24(31)13-28-18-7-8-21-22(11-18)35-15-34-21/h3-12,28H,2,13-15H2,1H3,(H,30,31)/b29-12-. The number of fused-ring (bicyclic) bond motifs is 1. The van der Waals surface area contributed by atoms with E-state index in [-0.39, 0.29) is 25.9 Å². The summed E-state index contributed by atoms with van der Waals surface area (Å²) in [6.45, 7) is 2.87. The highest BCUT2D eigenvalue weighted by Crippen LogP contribution is 2.37. The van der Waals surface area contributed by atoms with Gasteiger partial charge < -0.3 is 24.3 Å². The first-order chi connectivity index (χ1) is 17.0. The van der Waals surface area contributed by atoms with E-state index in [0.29, 0.717) is 39.1 Å². The Morgan fingerprint density at radius 3 is 2.80 bits per heavy atom. The van der Waals surface area contributed by atoms with Crippen LogP contribution in [0.4, 0.5) is 5.69 Å². The second kappa shape index (κ2) is 11.8. The van der Waals surface area contributed by atoms with E-state index in [2.05, 4.69) is 31.8 Å². The Kier molecular flexibility index (Phi) is 8.33. The molecule has 1 aliphatic rings. The van der Waals surface area contributed by atoms with Crippen LogP contribution < -0.4 is 29.7 Å². The predicted octanol–water partition coefficient (Wildman–Crippen LogP) is 5.37. The molecular weight excluding hydrogens is 538 g/mol. The van der Waals surface area contributed by atoms with Crippen LogP contribution in [0.3, 0.4) is 0 Å². The fourth-order valence-corrected chi connectivity index (χ4v) is 4.00. The Morgan fingerprint density at radius 1 is 1.14 bits per heavy atom. The minimum Gasteiger partial charge on any atom is -0.490 e. The fourth-order valence-electron chi connectivity index (χ4n) is 3.24. The summed E-state index contributed by atoms with van der Waals surface area (Å²) in [7, 11) is 0. The van der Waals surface area contributed by atoms with Crippen LogP contribution in [0.15, 0.2) is 64.2 Å². The number of anilines is 1. The van der Waals surface area contributed by atoms with Gasteiger partial charge in [-0.25, -0.2) is 5.43 Å². The van der Waals surface area contributed by atoms with Gasteiger partial charge in [0.05, 0.1) is 23.8 Å². The smallest absolute Gasteiger partial charge is 0.259 e. The molecule has 1 aliphatic heterocycles. The van der Waals surface area contributed by atoms with Gasteiger partial charge in [0.2, 0.25) is 6.79 Å². The van der Waals surface area contributed by atoms with E-state index in [0.717, 1.165) is 16.8 Å². The normalized spacial score (nSPS) is 12.0. The van der Waals surface area contributed by atoms with E-state index in [1.807, 2.05) is 43.3 Å². The van der Waals surface area contributed by atoms with Crippen LogP contribution in [0.1, 0.15) is 18.1 Å². The maximum absolute atomic E-state index is 12.2. The summed E-state index contributed by atoms with van der Waals surface area (Å²) in [4.78, 5) is 12.2. The summed E-state index contributed by atoms with van der Waals surface area (Å²) < 4.78 is 23.0. The molecule has 8 nitrogen and oxygen atoms in total. The van der Waals surface area contributed by atoms with Gasteiger partial charge in [0.15, 0.2) is 23.0 Å². The molecule has 3 aromatic carbocycles. The highest BCUT2D eigenvalue weighted by molar-refractivity contribution is 9.10. The average Bonchev–Trinajstić information content (AvgIpc) is 3.31. The summed E-state index contributed by atoms with van der Waals surface area (Å²) >= 11 is 9.77. The summed E-state index contributed by atoms with van der Waals surface area (Å²) in [6.07, 6.45) is 1.53. The maximum Gasteiger partial charge on any atom is 0.259 e. The SMILES string of the molecule is CCOc1cc(/C=N\NC(=O)CNc2ccc3c(c2)OCO3)cc(Br)c1OCc1ccccc1Cl. The number of carbonyl (C=O) groups excluding carboxylic acids is 1. The van der Waals surface area contributed by atoms with Gasteiger partial charge in [-0.05, 0) is 58.7 Å². The quantitative estimate of drug-likeness (QED) is 0.256. The van der Waals surface area contributed by atoms with Gasteiger partial charge in [-0.1, -0.05) is 29.8 Å². The Morgan fingerprint density at radius 2 is 1.97 bits per heavy atom. The van der Waals surface area contributed by atoms with Crippen LogP contribution in [0.25, 0.3) is 0 Å². The van der Waals surface area contributed by atoms with E-state index >= 15 is 0 Å². The van der Waals surface area contributed by atoms with Gasteiger partial charge in [0.1, 0.15) is 6.61 Å². The molecule has 2 N–H and O–H groups in total. The number of hydrazone groups is 1. The Balaban J connectivity index is 1.35. The van der Waals surface area contributed by atoms with Crippen molar-refractivity contribution in [1.82, 2.24) is 5.43 Å². The number of nitrogens with one attached hydrogen (secondary N) is 2. The number of carbonyl (C=O) groups is 1. The van der Waals surface area contributed by atoms with Gasteiger partial charge >= 0.3 is 0 Å². The zero-order valence-electron chi connectivity index (χ0n) is 18.8. The van der Waals surface area contributed by atoms with Crippen LogP contribution in [0, 0.1) is 0 Å². The molecule has 35 heavy (non-hydrogen) atoms. The van der Waals surface area contributed by atoms with E-state index in [9.17, 15) is 4.79 Å². The molecule has 0 saturated heterocycles. The summed E-state index contributed by atoms with van der Waals surface area (Å²) in [6, 6.07) is 16.5. The predicted molar refractivity (Wildman–Crippen MR) is 138 cm³/mol. The van der Waals surface area contributed by atoms with Gasteiger partial charge in [-0.3, -0.25) is 4.79 Å². The lowest BCUT2D eigenvalue weighted by Gasteiger charge is -2.15. The lowest BCUT2D eigenvalue weighted by Crippen LogP contribution is -2.25. The Hall–Kier alpha value is -3.43. The molecule has 0 atom stereocenters. The number of rotatable bonds is 10. The lowest BCUT2D eigenvalue weighted by atomic mass is 10.2. The summed E-state index contributed by atoms with van der Waals surface area (Å²) in [5.74, 6) is 2.13. The fraction of sp³-hybridized carbons (Fsp3) is 0.200. The first-order valence-electron chi connectivity index (χ1n) is 10.8. The molecule has 0 aliphatic carbocycles. The van der Waals surface area contributed by atoms with E-state index in [1.165, 1.54) is 6.21 Å². The second-order valence-corrected chi connectivity index (χ2v) is 8.62. The molecule has 0 fully saturated rings. The highest BCUT2D eigenvalue weighted by atomic mass is 79.9. The lowest BCUT2D eigenvalue weighted by molar-refractivity contribution is -0.119. The average molecular weight is 561 g/mol. The molecule has 10 heteroatoms. The van der Waals surface area contributed by atoms with E-state index in [1.54, 1.807) is 18.2 Å². The van der Waals surface area contributed by atoms with Gasteiger partial charge in [0.25, 0.3) is 5.91 Å². The monoisotopic (exact) mass is 559 g/mol. The molecular formula is C25H23BrClN3O5. The van der Waals surface area contributed by atoms with Gasteiger partial charge in [-0.2, -0.15) is 5.10 Å². The third kappa shape index (κ3) is 6.58. The van der Waals surface area contributed by atoms with Crippen LogP contribution in [0.2, 0.25) is 5.02 Å². The van der Waals surface area contributed by atoms with Crippen molar-refractivity contribution in [2.45, 2.75) is 13.5 Å². The Bertz CT molecular complexity index is 1240. The zero-order chi connectivity index (χ0) is 24.6. The highest BCUT2D eigenvalue weighted by Gasteiger charge is 2.14. The zero-order valence-corrected chi connectivity index (χ0v) is 21.2. The molecule has 0 bridgehead atoms.